The minimum Gasteiger partial charge on any atom is -0.489 e. The Kier molecular flexibility index (Phi) is 4.93. The molecule has 0 radical (unpaired) electrons. The number of hydrogen-bond donors (Lipinski definition) is 2. The van der Waals surface area contributed by atoms with Crippen molar-refractivity contribution in [3.63, 3.8) is 0 Å². The lowest BCUT2D eigenvalue weighted by atomic mass is 9.53. The molecule has 0 unspecified atom stereocenters. The number of rotatable bonds is 7. The van der Waals surface area contributed by atoms with E-state index in [9.17, 15) is 9.59 Å². The average molecular weight is 462 g/mol. The van der Waals surface area contributed by atoms with Gasteiger partial charge in [0.25, 0.3) is 11.8 Å². The first-order valence-electron chi connectivity index (χ1n) is 11.8. The number of nitrogens with one attached hydrogen (secondary N) is 1. The second kappa shape index (κ2) is 8.00. The molecule has 1 spiro atoms. The third kappa shape index (κ3) is 3.74. The van der Waals surface area contributed by atoms with Crippen LogP contribution in [0.4, 0.5) is 0 Å². The summed E-state index contributed by atoms with van der Waals surface area (Å²) >= 11 is 0. The highest BCUT2D eigenvalue weighted by Crippen LogP contribution is 2.56. The summed E-state index contributed by atoms with van der Waals surface area (Å²) in [5.74, 6) is 0.435. The van der Waals surface area contributed by atoms with Crippen molar-refractivity contribution < 1.29 is 19.1 Å². The number of aromatic nitrogens is 3. The fraction of sp³-hybridized carbons (Fsp3) is 0.440. The van der Waals surface area contributed by atoms with Gasteiger partial charge in [0, 0.05) is 12.2 Å². The standard InChI is InChI=1S/C25H27N5O4/c26-22(31)19-5-2-8-27-24(19)34-18-11-25(12-18)9-15(10-25)29-23(32)20-13-28-30-14-17(6-7-21(20)30)33-16-3-1-4-16/h2,5-8,13-16,18H,1,3-4,9-12H2,(H2,26,31)(H,29,32). The SMILES string of the molecule is NC(=O)c1cccnc1OC1CC2(CC(NC(=O)c3cnn4cc(OC5CCC5)ccc34)C2)C1. The molecule has 3 saturated carbocycles. The summed E-state index contributed by atoms with van der Waals surface area (Å²) in [6.45, 7) is 0. The molecular weight excluding hydrogens is 434 g/mol. The van der Waals surface area contributed by atoms with Gasteiger partial charge in [-0.05, 0) is 74.6 Å². The van der Waals surface area contributed by atoms with Crippen molar-refractivity contribution in [2.24, 2.45) is 11.1 Å². The molecule has 3 heterocycles. The molecular formula is C25H27N5O4. The van der Waals surface area contributed by atoms with Gasteiger partial charge >= 0.3 is 0 Å². The number of ether oxygens (including phenoxy) is 2. The van der Waals surface area contributed by atoms with Crippen molar-refractivity contribution in [3.8, 4) is 11.6 Å². The second-order valence-electron chi connectivity index (χ2n) is 9.87. The summed E-state index contributed by atoms with van der Waals surface area (Å²) in [6, 6.07) is 7.23. The Balaban J connectivity index is 1.02. The number of fused-ring (bicyclic) bond motifs is 1. The van der Waals surface area contributed by atoms with Gasteiger partial charge in [-0.25, -0.2) is 9.50 Å². The fourth-order valence-corrected chi connectivity index (χ4v) is 5.39. The van der Waals surface area contributed by atoms with Crippen LogP contribution >= 0.6 is 0 Å². The molecule has 0 atom stereocenters. The van der Waals surface area contributed by atoms with Crippen LogP contribution in [0.2, 0.25) is 0 Å². The second-order valence-corrected chi connectivity index (χ2v) is 9.87. The van der Waals surface area contributed by atoms with Gasteiger partial charge in [0.2, 0.25) is 5.88 Å². The largest absolute Gasteiger partial charge is 0.489 e. The van der Waals surface area contributed by atoms with Gasteiger partial charge in [0.05, 0.1) is 29.6 Å². The lowest BCUT2D eigenvalue weighted by Crippen LogP contribution is -2.58. The summed E-state index contributed by atoms with van der Waals surface area (Å²) in [5, 5.41) is 7.50. The van der Waals surface area contributed by atoms with E-state index >= 15 is 0 Å². The van der Waals surface area contributed by atoms with E-state index < -0.39 is 5.91 Å². The summed E-state index contributed by atoms with van der Waals surface area (Å²) in [5.41, 5.74) is 7.24. The van der Waals surface area contributed by atoms with Gasteiger partial charge in [-0.15, -0.1) is 0 Å². The zero-order valence-electron chi connectivity index (χ0n) is 18.8. The lowest BCUT2D eigenvalue weighted by Gasteiger charge is -2.57. The Morgan fingerprint density at radius 2 is 1.88 bits per heavy atom. The molecule has 3 aromatic rings. The normalized spacial score (nSPS) is 25.8. The summed E-state index contributed by atoms with van der Waals surface area (Å²) in [6.07, 6.45) is 12.4. The predicted molar refractivity (Wildman–Crippen MR) is 123 cm³/mol. The summed E-state index contributed by atoms with van der Waals surface area (Å²) in [4.78, 5) is 28.6. The van der Waals surface area contributed by atoms with Crippen molar-refractivity contribution in [1.82, 2.24) is 19.9 Å². The number of carbonyl (C=O) groups excluding carboxylic acids is 2. The van der Waals surface area contributed by atoms with Crippen molar-refractivity contribution in [2.75, 3.05) is 0 Å². The number of primary amides is 1. The molecule has 2 amide bonds. The van der Waals surface area contributed by atoms with Crippen LogP contribution in [0.25, 0.3) is 5.52 Å². The third-order valence-electron chi connectivity index (χ3n) is 7.42. The maximum absolute atomic E-state index is 12.9. The van der Waals surface area contributed by atoms with Gasteiger partial charge in [0.1, 0.15) is 17.4 Å². The van der Waals surface area contributed by atoms with Gasteiger partial charge in [-0.1, -0.05) is 0 Å². The minimum absolute atomic E-state index is 0.0145. The first kappa shape index (κ1) is 20.9. The number of carbonyl (C=O) groups is 2. The van der Waals surface area contributed by atoms with Crippen molar-refractivity contribution >= 4 is 17.3 Å². The molecule has 0 aliphatic heterocycles. The summed E-state index contributed by atoms with van der Waals surface area (Å²) < 4.78 is 13.6. The van der Waals surface area contributed by atoms with Gasteiger partial charge in [-0.3, -0.25) is 9.59 Å². The van der Waals surface area contributed by atoms with E-state index in [2.05, 4.69) is 15.4 Å². The molecule has 3 aliphatic rings. The van der Waals surface area contributed by atoms with Crippen LogP contribution in [-0.2, 0) is 0 Å². The zero-order chi connectivity index (χ0) is 23.3. The number of pyridine rings is 2. The Hall–Kier alpha value is -3.62. The van der Waals surface area contributed by atoms with Gasteiger partial charge < -0.3 is 20.5 Å². The molecule has 3 N–H and O–H groups in total. The average Bonchev–Trinajstić information content (AvgIpc) is 3.17. The minimum atomic E-state index is -0.543. The van der Waals surface area contributed by atoms with E-state index in [0.717, 1.165) is 49.8 Å². The van der Waals surface area contributed by atoms with Crippen LogP contribution in [-0.4, -0.2) is 44.7 Å². The molecule has 0 bridgehead atoms. The lowest BCUT2D eigenvalue weighted by molar-refractivity contribution is -0.0848. The van der Waals surface area contributed by atoms with Crippen LogP contribution in [0.15, 0.2) is 42.9 Å². The van der Waals surface area contributed by atoms with E-state index in [0.29, 0.717) is 23.1 Å². The molecule has 3 aromatic heterocycles. The molecule has 176 valence electrons. The fourth-order valence-electron chi connectivity index (χ4n) is 5.39. The summed E-state index contributed by atoms with van der Waals surface area (Å²) in [7, 11) is 0. The molecule has 6 rings (SSSR count). The molecule has 3 fully saturated rings. The Bertz CT molecular complexity index is 1250. The van der Waals surface area contributed by atoms with Crippen LogP contribution < -0.4 is 20.5 Å². The van der Waals surface area contributed by atoms with Crippen molar-refractivity contribution in [2.45, 2.75) is 63.2 Å². The molecule has 9 nitrogen and oxygen atoms in total. The first-order chi connectivity index (χ1) is 16.5. The smallest absolute Gasteiger partial charge is 0.255 e. The van der Waals surface area contributed by atoms with Crippen molar-refractivity contribution in [1.29, 1.82) is 0 Å². The molecule has 9 heteroatoms. The van der Waals surface area contributed by atoms with Crippen LogP contribution in [0.1, 0.15) is 65.7 Å². The molecule has 0 saturated heterocycles. The van der Waals surface area contributed by atoms with E-state index in [1.165, 1.54) is 6.42 Å². The van der Waals surface area contributed by atoms with Gasteiger partial charge in [-0.2, -0.15) is 5.10 Å². The number of hydrogen-bond acceptors (Lipinski definition) is 6. The highest BCUT2D eigenvalue weighted by molar-refractivity contribution is 6.00. The monoisotopic (exact) mass is 461 g/mol. The van der Waals surface area contributed by atoms with Crippen LogP contribution in [0, 0.1) is 5.41 Å². The molecule has 0 aromatic carbocycles. The zero-order valence-corrected chi connectivity index (χ0v) is 18.8. The van der Waals surface area contributed by atoms with Crippen LogP contribution in [0.5, 0.6) is 11.6 Å². The predicted octanol–water partition coefficient (Wildman–Crippen LogP) is 2.88. The van der Waals surface area contributed by atoms with Crippen LogP contribution in [0.3, 0.4) is 0 Å². The first-order valence-corrected chi connectivity index (χ1v) is 11.8. The topological polar surface area (TPSA) is 121 Å². The van der Waals surface area contributed by atoms with Crippen molar-refractivity contribution in [3.05, 3.63) is 54.0 Å². The third-order valence-corrected chi connectivity index (χ3v) is 7.42. The maximum atomic E-state index is 12.9. The molecule has 3 aliphatic carbocycles. The van der Waals surface area contributed by atoms with E-state index in [-0.39, 0.29) is 23.5 Å². The Labute approximate surface area is 196 Å². The Morgan fingerprint density at radius 3 is 2.62 bits per heavy atom. The highest BCUT2D eigenvalue weighted by atomic mass is 16.5. The number of nitrogens with zero attached hydrogens (tertiary/aromatic N) is 3. The van der Waals surface area contributed by atoms with E-state index in [1.54, 1.807) is 29.0 Å². The Morgan fingerprint density at radius 1 is 1.06 bits per heavy atom. The highest BCUT2D eigenvalue weighted by Gasteiger charge is 2.54. The number of amides is 2. The quantitative estimate of drug-likeness (QED) is 0.558. The van der Waals surface area contributed by atoms with Gasteiger partial charge in [0.15, 0.2) is 0 Å². The van der Waals surface area contributed by atoms with E-state index in [4.69, 9.17) is 15.2 Å². The molecule has 34 heavy (non-hydrogen) atoms. The maximum Gasteiger partial charge on any atom is 0.255 e. The number of nitrogens with two attached hydrogens (primary N) is 1. The van der Waals surface area contributed by atoms with E-state index in [1.807, 2.05) is 18.3 Å².